The molecular formula is C21H16N2O6S. The molecule has 0 atom stereocenters. The number of non-ortho nitro benzene ring substituents is 1. The minimum absolute atomic E-state index is 0.120. The summed E-state index contributed by atoms with van der Waals surface area (Å²) in [6, 6.07) is 16.7. The molecule has 30 heavy (non-hydrogen) atoms. The fourth-order valence-electron chi connectivity index (χ4n) is 2.52. The van der Waals surface area contributed by atoms with Crippen LogP contribution >= 0.6 is 0 Å². The number of rotatable bonds is 7. The number of hydrogen-bond donors (Lipinski definition) is 2. The van der Waals surface area contributed by atoms with E-state index >= 15 is 0 Å². The number of carbonyl (C=O) groups excluding carboxylic acids is 1. The Morgan fingerprint density at radius 2 is 1.53 bits per heavy atom. The van der Waals surface area contributed by atoms with Crippen LogP contribution in [0.5, 0.6) is 5.75 Å². The molecule has 0 aliphatic rings. The van der Waals surface area contributed by atoms with Crippen molar-refractivity contribution in [3.63, 3.8) is 0 Å². The van der Waals surface area contributed by atoms with Crippen molar-refractivity contribution in [2.45, 2.75) is 4.90 Å². The fraction of sp³-hybridized carbons (Fsp3) is 0. The quantitative estimate of drug-likeness (QED) is 0.255. The lowest BCUT2D eigenvalue weighted by atomic mass is 10.1. The second kappa shape index (κ2) is 8.58. The van der Waals surface area contributed by atoms with E-state index in [9.17, 15) is 28.4 Å². The zero-order valence-corrected chi connectivity index (χ0v) is 16.2. The SMILES string of the molecule is O=C(C=Cc1ccc(O)cc1)c1ccc(NS(=O)(=O)c2ccc([N+](=O)[O-])cc2)cc1. The molecule has 0 bridgehead atoms. The normalized spacial score (nSPS) is 11.3. The average Bonchev–Trinajstić information content (AvgIpc) is 2.73. The molecule has 8 nitrogen and oxygen atoms in total. The molecular weight excluding hydrogens is 408 g/mol. The Balaban J connectivity index is 1.69. The third-order valence-electron chi connectivity index (χ3n) is 4.10. The Hall–Kier alpha value is -3.98. The lowest BCUT2D eigenvalue weighted by molar-refractivity contribution is -0.384. The molecule has 3 rings (SSSR count). The first kappa shape index (κ1) is 20.7. The van der Waals surface area contributed by atoms with Crippen LogP contribution < -0.4 is 4.72 Å². The minimum Gasteiger partial charge on any atom is -0.508 e. The second-order valence-electron chi connectivity index (χ2n) is 6.22. The van der Waals surface area contributed by atoms with Crippen LogP contribution in [0.4, 0.5) is 11.4 Å². The maximum atomic E-state index is 12.4. The lowest BCUT2D eigenvalue weighted by Gasteiger charge is -2.08. The summed E-state index contributed by atoms with van der Waals surface area (Å²) in [5, 5.41) is 19.9. The number of hydrogen-bond acceptors (Lipinski definition) is 6. The highest BCUT2D eigenvalue weighted by Crippen LogP contribution is 2.20. The van der Waals surface area contributed by atoms with E-state index < -0.39 is 14.9 Å². The summed E-state index contributed by atoms with van der Waals surface area (Å²) in [5.74, 6) is -0.141. The number of phenols is 1. The van der Waals surface area contributed by atoms with Crippen LogP contribution in [0.2, 0.25) is 0 Å². The number of phenolic OH excluding ortho intramolecular Hbond substituents is 1. The molecule has 0 amide bonds. The first-order chi connectivity index (χ1) is 14.2. The van der Waals surface area contributed by atoms with E-state index in [0.717, 1.165) is 29.8 Å². The molecule has 152 valence electrons. The monoisotopic (exact) mass is 424 g/mol. The van der Waals surface area contributed by atoms with Crippen LogP contribution in [0.15, 0.2) is 83.8 Å². The van der Waals surface area contributed by atoms with Gasteiger partial charge in [-0.1, -0.05) is 18.2 Å². The van der Waals surface area contributed by atoms with Gasteiger partial charge in [-0.15, -0.1) is 0 Å². The smallest absolute Gasteiger partial charge is 0.269 e. The van der Waals surface area contributed by atoms with Crippen LogP contribution in [0.1, 0.15) is 15.9 Å². The zero-order valence-electron chi connectivity index (χ0n) is 15.4. The van der Waals surface area contributed by atoms with Crippen LogP contribution in [0.25, 0.3) is 6.08 Å². The first-order valence-electron chi connectivity index (χ1n) is 8.63. The summed E-state index contributed by atoms with van der Waals surface area (Å²) >= 11 is 0. The molecule has 0 aliphatic heterocycles. The number of aromatic hydroxyl groups is 1. The second-order valence-corrected chi connectivity index (χ2v) is 7.91. The number of nitro benzene ring substituents is 1. The molecule has 3 aromatic rings. The molecule has 2 N–H and O–H groups in total. The van der Waals surface area contributed by atoms with Crippen molar-refractivity contribution in [2.24, 2.45) is 0 Å². The number of nitrogens with one attached hydrogen (secondary N) is 1. The summed E-state index contributed by atoms with van der Waals surface area (Å²) in [6.45, 7) is 0. The lowest BCUT2D eigenvalue weighted by Crippen LogP contribution is -2.13. The van der Waals surface area contributed by atoms with Gasteiger partial charge in [0.15, 0.2) is 5.78 Å². The standard InChI is InChI=1S/C21H16N2O6S/c24-19-10-1-15(2-11-19)3-14-21(25)16-4-6-17(7-5-16)22-30(28,29)20-12-8-18(9-13-20)23(26)27/h1-14,22,24H. The highest BCUT2D eigenvalue weighted by Gasteiger charge is 2.16. The molecule has 0 saturated heterocycles. The van der Waals surface area contributed by atoms with E-state index in [-0.39, 0.29) is 27.8 Å². The van der Waals surface area contributed by atoms with Crippen molar-refractivity contribution >= 4 is 33.3 Å². The average molecular weight is 424 g/mol. The van der Waals surface area contributed by atoms with Gasteiger partial charge in [0.2, 0.25) is 0 Å². The predicted molar refractivity (Wildman–Crippen MR) is 112 cm³/mol. The van der Waals surface area contributed by atoms with E-state index in [1.165, 1.54) is 42.5 Å². The predicted octanol–water partition coefficient (Wildman–Crippen LogP) is 4.00. The van der Waals surface area contributed by atoms with Gasteiger partial charge < -0.3 is 5.11 Å². The first-order valence-corrected chi connectivity index (χ1v) is 10.1. The maximum Gasteiger partial charge on any atom is 0.269 e. The van der Waals surface area contributed by atoms with E-state index in [0.29, 0.717) is 5.56 Å². The molecule has 3 aromatic carbocycles. The van der Waals surface area contributed by atoms with Crippen molar-refractivity contribution in [2.75, 3.05) is 4.72 Å². The third kappa shape index (κ3) is 5.09. The van der Waals surface area contributed by atoms with Gasteiger partial charge in [0, 0.05) is 23.4 Å². The topological polar surface area (TPSA) is 127 Å². The molecule has 0 aliphatic carbocycles. The van der Waals surface area contributed by atoms with Gasteiger partial charge in [-0.2, -0.15) is 0 Å². The van der Waals surface area contributed by atoms with Gasteiger partial charge in [0.05, 0.1) is 9.82 Å². The molecule has 0 heterocycles. The fourth-order valence-corrected chi connectivity index (χ4v) is 3.58. The Kier molecular flexibility index (Phi) is 5.93. The van der Waals surface area contributed by atoms with Gasteiger partial charge in [-0.3, -0.25) is 19.6 Å². The van der Waals surface area contributed by atoms with E-state index in [1.807, 2.05) is 0 Å². The van der Waals surface area contributed by atoms with Crippen molar-refractivity contribution in [3.05, 3.63) is 100 Å². The minimum atomic E-state index is -3.93. The Morgan fingerprint density at radius 1 is 0.933 bits per heavy atom. The molecule has 0 fully saturated rings. The largest absolute Gasteiger partial charge is 0.508 e. The number of benzene rings is 3. The molecule has 0 spiro atoms. The number of nitrogens with zero attached hydrogens (tertiary/aromatic N) is 1. The molecule has 0 radical (unpaired) electrons. The highest BCUT2D eigenvalue weighted by atomic mass is 32.2. The van der Waals surface area contributed by atoms with E-state index in [4.69, 9.17) is 0 Å². The van der Waals surface area contributed by atoms with E-state index in [2.05, 4.69) is 4.72 Å². The molecule has 0 saturated carbocycles. The van der Waals surface area contributed by atoms with Gasteiger partial charge in [0.25, 0.3) is 15.7 Å². The van der Waals surface area contributed by atoms with Gasteiger partial charge in [-0.05, 0) is 60.2 Å². The van der Waals surface area contributed by atoms with Crippen molar-refractivity contribution in [1.82, 2.24) is 0 Å². The van der Waals surface area contributed by atoms with Gasteiger partial charge in [0.1, 0.15) is 5.75 Å². The van der Waals surface area contributed by atoms with Gasteiger partial charge >= 0.3 is 0 Å². The summed E-state index contributed by atoms with van der Waals surface area (Å²) in [6.07, 6.45) is 2.98. The Morgan fingerprint density at radius 3 is 2.10 bits per heavy atom. The zero-order chi connectivity index (χ0) is 21.7. The Bertz CT molecular complexity index is 1200. The number of sulfonamides is 1. The van der Waals surface area contributed by atoms with Crippen LogP contribution in [0.3, 0.4) is 0 Å². The maximum absolute atomic E-state index is 12.4. The third-order valence-corrected chi connectivity index (χ3v) is 5.50. The number of anilines is 1. The molecule has 0 unspecified atom stereocenters. The van der Waals surface area contributed by atoms with Crippen LogP contribution in [-0.4, -0.2) is 24.2 Å². The van der Waals surface area contributed by atoms with Crippen LogP contribution in [0, 0.1) is 10.1 Å². The van der Waals surface area contributed by atoms with Crippen molar-refractivity contribution < 1.29 is 23.2 Å². The van der Waals surface area contributed by atoms with Crippen LogP contribution in [-0.2, 0) is 10.0 Å². The van der Waals surface area contributed by atoms with Crippen molar-refractivity contribution in [1.29, 1.82) is 0 Å². The summed E-state index contributed by atoms with van der Waals surface area (Å²) < 4.78 is 27.2. The number of nitro groups is 1. The summed E-state index contributed by atoms with van der Waals surface area (Å²) in [5.41, 5.74) is 1.14. The molecule has 9 heteroatoms. The highest BCUT2D eigenvalue weighted by molar-refractivity contribution is 7.92. The summed E-state index contributed by atoms with van der Waals surface area (Å²) in [7, 11) is -3.93. The number of ketones is 1. The Labute approximate surface area is 172 Å². The van der Waals surface area contributed by atoms with E-state index in [1.54, 1.807) is 18.2 Å². The molecule has 0 aromatic heterocycles. The van der Waals surface area contributed by atoms with Crippen molar-refractivity contribution in [3.8, 4) is 5.75 Å². The van der Waals surface area contributed by atoms with Gasteiger partial charge in [-0.25, -0.2) is 8.42 Å². The summed E-state index contributed by atoms with van der Waals surface area (Å²) in [4.78, 5) is 22.2. The number of carbonyl (C=O) groups is 1. The number of allylic oxidation sites excluding steroid dienone is 1.